The zero-order valence-corrected chi connectivity index (χ0v) is 16.2. The molecular weight excluding hydrogens is 361 g/mol. The Kier molecular flexibility index (Phi) is 4.81. The summed E-state index contributed by atoms with van der Waals surface area (Å²) in [5.41, 5.74) is 1.80. The first-order valence-electron chi connectivity index (χ1n) is 9.66. The highest BCUT2D eigenvalue weighted by Gasteiger charge is 2.40. The van der Waals surface area contributed by atoms with Crippen LogP contribution in [-0.2, 0) is 5.60 Å². The summed E-state index contributed by atoms with van der Waals surface area (Å²) < 4.78 is 19.1. The van der Waals surface area contributed by atoms with E-state index in [2.05, 4.69) is 4.90 Å². The van der Waals surface area contributed by atoms with Crippen LogP contribution in [0.2, 0.25) is 0 Å². The van der Waals surface area contributed by atoms with Crippen LogP contribution in [0.3, 0.4) is 0 Å². The van der Waals surface area contributed by atoms with E-state index >= 15 is 0 Å². The van der Waals surface area contributed by atoms with Gasteiger partial charge in [0.2, 0.25) is 0 Å². The molecule has 0 saturated carbocycles. The summed E-state index contributed by atoms with van der Waals surface area (Å²) in [4.78, 5) is 2.14. The molecule has 2 atom stereocenters. The summed E-state index contributed by atoms with van der Waals surface area (Å²) in [6.45, 7) is 5.13. The molecule has 0 aliphatic carbocycles. The van der Waals surface area contributed by atoms with Gasteiger partial charge in [-0.3, -0.25) is 4.90 Å². The number of phenols is 1. The third-order valence-corrected chi connectivity index (χ3v) is 6.26. The highest BCUT2D eigenvalue weighted by molar-refractivity contribution is 5.54. The Hall–Kier alpha value is -2.15. The smallest absolute Gasteiger partial charge is 0.131 e. The minimum Gasteiger partial charge on any atom is -0.507 e. The zero-order valence-electron chi connectivity index (χ0n) is 16.2. The summed E-state index contributed by atoms with van der Waals surface area (Å²) in [5, 5.41) is 32.1. The van der Waals surface area contributed by atoms with E-state index in [1.54, 1.807) is 25.1 Å². The number of ether oxygens (including phenoxy) is 1. The molecule has 6 heteroatoms. The van der Waals surface area contributed by atoms with E-state index in [0.29, 0.717) is 55.0 Å². The fraction of sp³-hybridized carbons (Fsp3) is 0.455. The van der Waals surface area contributed by atoms with Crippen molar-refractivity contribution in [1.82, 2.24) is 4.90 Å². The number of rotatable bonds is 2. The Bertz CT molecular complexity index is 875. The van der Waals surface area contributed by atoms with Gasteiger partial charge in [-0.1, -0.05) is 12.1 Å². The molecule has 0 amide bonds. The molecule has 0 radical (unpaired) electrons. The number of hydrogen-bond acceptors (Lipinski definition) is 5. The van der Waals surface area contributed by atoms with Crippen LogP contribution in [0.4, 0.5) is 4.39 Å². The first-order valence-corrected chi connectivity index (χ1v) is 9.66. The third kappa shape index (κ3) is 3.15. The van der Waals surface area contributed by atoms with Gasteiger partial charge in [0.25, 0.3) is 0 Å². The first-order chi connectivity index (χ1) is 13.3. The lowest BCUT2D eigenvalue weighted by Gasteiger charge is -2.44. The molecule has 2 aromatic carbocycles. The van der Waals surface area contributed by atoms with Gasteiger partial charge in [-0.05, 0) is 56.0 Å². The highest BCUT2D eigenvalue weighted by atomic mass is 19.1. The first kappa shape index (κ1) is 19.2. The summed E-state index contributed by atoms with van der Waals surface area (Å²) in [7, 11) is 0. The van der Waals surface area contributed by atoms with Crippen LogP contribution in [0.15, 0.2) is 30.3 Å². The van der Waals surface area contributed by atoms with E-state index in [-0.39, 0.29) is 17.6 Å². The molecule has 2 aliphatic heterocycles. The minimum atomic E-state index is -0.985. The maximum absolute atomic E-state index is 13.2. The number of nitrogens with zero attached hydrogens (tertiary/aromatic N) is 1. The second kappa shape index (κ2) is 7.03. The molecule has 0 spiro atoms. The Morgan fingerprint density at radius 3 is 2.43 bits per heavy atom. The predicted octanol–water partition coefficient (Wildman–Crippen LogP) is 2.93. The molecule has 2 aromatic rings. The van der Waals surface area contributed by atoms with Gasteiger partial charge in [-0.15, -0.1) is 0 Å². The average Bonchev–Trinajstić information content (AvgIpc) is 2.68. The SMILES string of the molecule is Cc1cc2c(c(C)c1O)OC[C@@H](N1CCC(O)(c3ccc(F)cc3)CC1)[C@H]2O. The fourth-order valence-electron chi connectivity index (χ4n) is 4.44. The van der Waals surface area contributed by atoms with Crippen molar-refractivity contribution < 1.29 is 24.4 Å². The van der Waals surface area contributed by atoms with Crippen LogP contribution in [-0.4, -0.2) is 46.0 Å². The number of aliphatic hydroxyl groups is 2. The molecule has 3 N–H and O–H groups in total. The van der Waals surface area contributed by atoms with Crippen molar-refractivity contribution in [3.05, 3.63) is 58.4 Å². The Labute approximate surface area is 164 Å². The molecule has 4 rings (SSSR count). The van der Waals surface area contributed by atoms with Gasteiger partial charge in [0.15, 0.2) is 0 Å². The number of fused-ring (bicyclic) bond motifs is 1. The summed E-state index contributed by atoms with van der Waals surface area (Å²) in [6.07, 6.45) is 0.281. The van der Waals surface area contributed by atoms with E-state index in [4.69, 9.17) is 4.74 Å². The monoisotopic (exact) mass is 387 g/mol. The molecule has 150 valence electrons. The molecule has 1 saturated heterocycles. The maximum atomic E-state index is 13.2. The molecule has 0 aromatic heterocycles. The van der Waals surface area contributed by atoms with E-state index < -0.39 is 11.7 Å². The van der Waals surface area contributed by atoms with E-state index in [1.807, 2.05) is 6.92 Å². The molecule has 28 heavy (non-hydrogen) atoms. The molecule has 1 fully saturated rings. The summed E-state index contributed by atoms with van der Waals surface area (Å²) in [6, 6.07) is 7.59. The number of likely N-dealkylation sites (tertiary alicyclic amines) is 1. The molecule has 2 heterocycles. The number of benzene rings is 2. The molecule has 0 unspecified atom stereocenters. The van der Waals surface area contributed by atoms with Crippen LogP contribution in [0.25, 0.3) is 0 Å². The Morgan fingerprint density at radius 1 is 1.14 bits per heavy atom. The van der Waals surface area contributed by atoms with Crippen molar-refractivity contribution in [2.24, 2.45) is 0 Å². The van der Waals surface area contributed by atoms with Crippen LogP contribution in [0.5, 0.6) is 11.5 Å². The van der Waals surface area contributed by atoms with Crippen molar-refractivity contribution in [2.45, 2.75) is 44.4 Å². The number of piperidine rings is 1. The molecule has 2 aliphatic rings. The summed E-state index contributed by atoms with van der Waals surface area (Å²) in [5.74, 6) is 0.445. The van der Waals surface area contributed by atoms with Gasteiger partial charge in [0.05, 0.1) is 11.6 Å². The van der Waals surface area contributed by atoms with Crippen molar-refractivity contribution in [3.63, 3.8) is 0 Å². The van der Waals surface area contributed by atoms with Gasteiger partial charge < -0.3 is 20.1 Å². The lowest BCUT2D eigenvalue weighted by molar-refractivity contribution is -0.0666. The Morgan fingerprint density at radius 2 is 1.79 bits per heavy atom. The molecule has 5 nitrogen and oxygen atoms in total. The topological polar surface area (TPSA) is 73.2 Å². The fourth-order valence-corrected chi connectivity index (χ4v) is 4.44. The number of aromatic hydroxyl groups is 1. The van der Waals surface area contributed by atoms with Crippen LogP contribution < -0.4 is 4.74 Å². The van der Waals surface area contributed by atoms with Crippen LogP contribution in [0, 0.1) is 19.7 Å². The third-order valence-electron chi connectivity index (χ3n) is 6.26. The summed E-state index contributed by atoms with van der Waals surface area (Å²) >= 11 is 0. The standard InChI is InChI=1S/C22H26FNO4/c1-13-11-17-20(26)18(12-28-21(17)14(2)19(13)25)24-9-7-22(27,8-10-24)15-3-5-16(23)6-4-15/h3-6,11,18,20,25-27H,7-10,12H2,1-2H3/t18-,20+/m1/s1. The van der Waals surface area contributed by atoms with Gasteiger partial charge >= 0.3 is 0 Å². The molecule has 0 bridgehead atoms. The van der Waals surface area contributed by atoms with Crippen molar-refractivity contribution in [2.75, 3.05) is 19.7 Å². The Balaban J connectivity index is 1.50. The number of aliphatic hydroxyl groups excluding tert-OH is 1. The number of hydrogen-bond donors (Lipinski definition) is 3. The van der Waals surface area contributed by atoms with Crippen molar-refractivity contribution >= 4 is 0 Å². The van der Waals surface area contributed by atoms with Gasteiger partial charge in [0, 0.05) is 24.2 Å². The number of phenolic OH excluding ortho intramolecular Hbond substituents is 1. The number of halogens is 1. The maximum Gasteiger partial charge on any atom is 0.131 e. The number of aryl methyl sites for hydroxylation is 1. The lowest BCUT2D eigenvalue weighted by atomic mass is 9.83. The predicted molar refractivity (Wildman–Crippen MR) is 103 cm³/mol. The zero-order chi connectivity index (χ0) is 20.1. The normalized spacial score (nSPS) is 24.5. The van der Waals surface area contributed by atoms with Gasteiger partial charge in [-0.2, -0.15) is 0 Å². The quantitative estimate of drug-likeness (QED) is 0.739. The van der Waals surface area contributed by atoms with E-state index in [9.17, 15) is 19.7 Å². The average molecular weight is 387 g/mol. The largest absolute Gasteiger partial charge is 0.507 e. The van der Waals surface area contributed by atoms with Crippen molar-refractivity contribution in [1.29, 1.82) is 0 Å². The van der Waals surface area contributed by atoms with E-state index in [0.717, 1.165) is 5.56 Å². The van der Waals surface area contributed by atoms with Crippen molar-refractivity contribution in [3.8, 4) is 11.5 Å². The van der Waals surface area contributed by atoms with Gasteiger partial charge in [-0.25, -0.2) is 4.39 Å². The minimum absolute atomic E-state index is 0.201. The second-order valence-corrected chi connectivity index (χ2v) is 7.98. The highest BCUT2D eigenvalue weighted by Crippen LogP contribution is 2.43. The van der Waals surface area contributed by atoms with E-state index in [1.165, 1.54) is 12.1 Å². The molecular formula is C22H26FNO4. The second-order valence-electron chi connectivity index (χ2n) is 7.98. The van der Waals surface area contributed by atoms with Gasteiger partial charge in [0.1, 0.15) is 30.0 Å². The van der Waals surface area contributed by atoms with Crippen LogP contribution in [0.1, 0.15) is 41.2 Å². The van der Waals surface area contributed by atoms with Crippen LogP contribution >= 0.6 is 0 Å². The lowest BCUT2D eigenvalue weighted by Crippen LogP contribution is -2.52.